The molecule has 0 bridgehead atoms. The molecule has 7 nitrogen and oxygen atoms in total. The van der Waals surface area contributed by atoms with Crippen molar-refractivity contribution in [3.05, 3.63) is 23.5 Å². The Kier molecular flexibility index (Phi) is 3.20. The van der Waals surface area contributed by atoms with Crippen molar-refractivity contribution in [2.24, 2.45) is 0 Å². The van der Waals surface area contributed by atoms with Crippen LogP contribution in [0.1, 0.15) is 11.4 Å². The van der Waals surface area contributed by atoms with Gasteiger partial charge in [-0.1, -0.05) is 0 Å². The quantitative estimate of drug-likeness (QED) is 0.624. The zero-order valence-electron chi connectivity index (χ0n) is 9.65. The minimum atomic E-state index is -0.133. The summed E-state index contributed by atoms with van der Waals surface area (Å²) >= 11 is 0. The van der Waals surface area contributed by atoms with Crippen LogP contribution in [-0.2, 0) is 6.61 Å². The van der Waals surface area contributed by atoms with Crippen molar-refractivity contribution < 1.29 is 5.11 Å². The van der Waals surface area contributed by atoms with Gasteiger partial charge >= 0.3 is 0 Å². The number of anilines is 3. The largest absolute Gasteiger partial charge is 0.390 e. The minimum absolute atomic E-state index is 0.133. The zero-order valence-corrected chi connectivity index (χ0v) is 9.65. The molecule has 0 saturated carbocycles. The number of hydrogen-bond donors (Lipinski definition) is 4. The number of rotatable bonds is 4. The molecule has 7 heteroatoms. The summed E-state index contributed by atoms with van der Waals surface area (Å²) in [4.78, 5) is 8.28. The van der Waals surface area contributed by atoms with Crippen molar-refractivity contribution in [1.29, 1.82) is 0 Å². The molecule has 0 fully saturated rings. The van der Waals surface area contributed by atoms with E-state index in [1.165, 1.54) is 0 Å². The molecule has 0 spiro atoms. The number of aliphatic hydroxyl groups is 1. The fourth-order valence-corrected chi connectivity index (χ4v) is 1.37. The Balaban J connectivity index is 2.25. The van der Waals surface area contributed by atoms with Gasteiger partial charge in [-0.3, -0.25) is 5.10 Å². The Bertz CT molecular complexity index is 487. The van der Waals surface area contributed by atoms with E-state index in [9.17, 15) is 0 Å². The first kappa shape index (κ1) is 11.3. The monoisotopic (exact) mass is 234 g/mol. The summed E-state index contributed by atoms with van der Waals surface area (Å²) in [5.41, 5.74) is 1.50. The summed E-state index contributed by atoms with van der Waals surface area (Å²) < 4.78 is 0. The zero-order chi connectivity index (χ0) is 12.3. The lowest BCUT2D eigenvalue weighted by molar-refractivity contribution is 0.277. The molecule has 0 amide bonds. The highest BCUT2D eigenvalue weighted by Gasteiger charge is 2.04. The van der Waals surface area contributed by atoms with Gasteiger partial charge in [0.05, 0.1) is 12.3 Å². The molecule has 0 aliphatic rings. The molecule has 2 aromatic rings. The molecule has 2 aromatic heterocycles. The predicted octanol–water partition coefficient (Wildman–Crippen LogP) is 0.786. The molecule has 17 heavy (non-hydrogen) atoms. The van der Waals surface area contributed by atoms with E-state index >= 15 is 0 Å². The Labute approximate surface area is 98.3 Å². The van der Waals surface area contributed by atoms with E-state index in [2.05, 4.69) is 30.8 Å². The summed E-state index contributed by atoms with van der Waals surface area (Å²) in [6, 6.07) is 3.53. The van der Waals surface area contributed by atoms with Crippen molar-refractivity contribution in [2.75, 3.05) is 17.7 Å². The number of aryl methyl sites for hydroxylation is 1. The van der Waals surface area contributed by atoms with E-state index in [-0.39, 0.29) is 6.61 Å². The van der Waals surface area contributed by atoms with Gasteiger partial charge in [-0.05, 0) is 6.92 Å². The van der Waals surface area contributed by atoms with Crippen LogP contribution in [0.3, 0.4) is 0 Å². The number of hydrogen-bond acceptors (Lipinski definition) is 6. The minimum Gasteiger partial charge on any atom is -0.390 e. The lowest BCUT2D eigenvalue weighted by atomic mass is 10.4. The van der Waals surface area contributed by atoms with Crippen LogP contribution in [-0.4, -0.2) is 32.3 Å². The van der Waals surface area contributed by atoms with Gasteiger partial charge in [-0.2, -0.15) is 10.1 Å². The average Bonchev–Trinajstić information content (AvgIpc) is 2.74. The highest BCUT2D eigenvalue weighted by atomic mass is 16.3. The molecule has 0 saturated heterocycles. The number of aliphatic hydroxyl groups excluding tert-OH is 1. The third kappa shape index (κ3) is 2.70. The van der Waals surface area contributed by atoms with Crippen LogP contribution in [0.4, 0.5) is 17.6 Å². The topological polar surface area (TPSA) is 98.8 Å². The lowest BCUT2D eigenvalue weighted by Gasteiger charge is -2.06. The molecule has 4 N–H and O–H groups in total. The van der Waals surface area contributed by atoms with E-state index in [1.807, 2.05) is 13.0 Å². The normalized spacial score (nSPS) is 10.3. The molecule has 0 unspecified atom stereocenters. The van der Waals surface area contributed by atoms with E-state index in [0.29, 0.717) is 23.3 Å². The van der Waals surface area contributed by atoms with Crippen LogP contribution in [0.5, 0.6) is 0 Å². The molecule has 0 radical (unpaired) electrons. The fourth-order valence-electron chi connectivity index (χ4n) is 1.37. The Morgan fingerprint density at radius 3 is 2.71 bits per heavy atom. The van der Waals surface area contributed by atoms with E-state index in [4.69, 9.17) is 5.11 Å². The second kappa shape index (κ2) is 4.79. The standard InChI is InChI=1S/C10H14N6O/c1-6-3-9(16-15-6)13-8-4-7(5-17)12-10(11-2)14-8/h3-4,17H,5H2,1-2H3,(H3,11,12,13,14,15,16). The van der Waals surface area contributed by atoms with Gasteiger partial charge in [0.15, 0.2) is 5.82 Å². The smallest absolute Gasteiger partial charge is 0.224 e. The average molecular weight is 234 g/mol. The maximum absolute atomic E-state index is 9.08. The molecular weight excluding hydrogens is 220 g/mol. The SMILES string of the molecule is CNc1nc(CO)cc(Nc2cc(C)[nH]n2)n1. The second-order valence-electron chi connectivity index (χ2n) is 3.54. The molecule has 0 aromatic carbocycles. The van der Waals surface area contributed by atoms with Gasteiger partial charge in [0.2, 0.25) is 5.95 Å². The third-order valence-corrected chi connectivity index (χ3v) is 2.13. The first-order chi connectivity index (χ1) is 8.21. The van der Waals surface area contributed by atoms with E-state index in [1.54, 1.807) is 13.1 Å². The van der Waals surface area contributed by atoms with Gasteiger partial charge in [0, 0.05) is 24.9 Å². The first-order valence-electron chi connectivity index (χ1n) is 5.17. The van der Waals surface area contributed by atoms with Crippen LogP contribution >= 0.6 is 0 Å². The van der Waals surface area contributed by atoms with Crippen LogP contribution < -0.4 is 10.6 Å². The van der Waals surface area contributed by atoms with Gasteiger partial charge in [0.1, 0.15) is 5.82 Å². The second-order valence-corrected chi connectivity index (χ2v) is 3.54. The maximum Gasteiger partial charge on any atom is 0.224 e. The highest BCUT2D eigenvalue weighted by Crippen LogP contribution is 2.15. The van der Waals surface area contributed by atoms with Crippen molar-refractivity contribution in [3.8, 4) is 0 Å². The van der Waals surface area contributed by atoms with Crippen molar-refractivity contribution in [2.45, 2.75) is 13.5 Å². The predicted molar refractivity (Wildman–Crippen MR) is 64.1 cm³/mol. The van der Waals surface area contributed by atoms with Crippen molar-refractivity contribution in [3.63, 3.8) is 0 Å². The Morgan fingerprint density at radius 1 is 1.29 bits per heavy atom. The molecule has 90 valence electrons. The summed E-state index contributed by atoms with van der Waals surface area (Å²) in [6.07, 6.45) is 0. The van der Waals surface area contributed by atoms with Crippen LogP contribution in [0.2, 0.25) is 0 Å². The van der Waals surface area contributed by atoms with Gasteiger partial charge in [-0.15, -0.1) is 0 Å². The van der Waals surface area contributed by atoms with Crippen molar-refractivity contribution in [1.82, 2.24) is 20.2 Å². The van der Waals surface area contributed by atoms with Gasteiger partial charge in [-0.25, -0.2) is 4.98 Å². The van der Waals surface area contributed by atoms with Crippen molar-refractivity contribution >= 4 is 17.6 Å². The molecule has 2 rings (SSSR count). The van der Waals surface area contributed by atoms with Crippen LogP contribution in [0.25, 0.3) is 0 Å². The van der Waals surface area contributed by atoms with E-state index in [0.717, 1.165) is 5.69 Å². The molecular formula is C10H14N6O. The van der Waals surface area contributed by atoms with E-state index < -0.39 is 0 Å². The number of aromatic nitrogens is 4. The summed E-state index contributed by atoms with van der Waals surface area (Å²) in [7, 11) is 1.72. The van der Waals surface area contributed by atoms with Crippen LogP contribution in [0.15, 0.2) is 12.1 Å². The van der Waals surface area contributed by atoms with Gasteiger partial charge in [0.25, 0.3) is 0 Å². The fraction of sp³-hybridized carbons (Fsp3) is 0.300. The summed E-state index contributed by atoms with van der Waals surface area (Å²) in [5, 5.41) is 21.8. The third-order valence-electron chi connectivity index (χ3n) is 2.13. The molecule has 0 aliphatic heterocycles. The maximum atomic E-state index is 9.08. The van der Waals surface area contributed by atoms with Gasteiger partial charge < -0.3 is 15.7 Å². The number of aromatic amines is 1. The molecule has 0 atom stereocenters. The summed E-state index contributed by atoms with van der Waals surface area (Å²) in [5.74, 6) is 1.71. The lowest BCUT2D eigenvalue weighted by Crippen LogP contribution is -2.03. The highest BCUT2D eigenvalue weighted by molar-refractivity contribution is 5.53. The molecule has 0 aliphatic carbocycles. The first-order valence-corrected chi connectivity index (χ1v) is 5.17. The Morgan fingerprint density at radius 2 is 2.12 bits per heavy atom. The number of nitrogens with one attached hydrogen (secondary N) is 3. The number of H-pyrrole nitrogens is 1. The molecule has 2 heterocycles. The van der Waals surface area contributed by atoms with Crippen LogP contribution in [0, 0.1) is 6.92 Å². The number of nitrogens with zero attached hydrogens (tertiary/aromatic N) is 3. The summed E-state index contributed by atoms with van der Waals surface area (Å²) in [6.45, 7) is 1.78. The Hall–Kier alpha value is -2.15.